The molecule has 0 spiro atoms. The van der Waals surface area contributed by atoms with E-state index in [0.717, 1.165) is 27.3 Å². The van der Waals surface area contributed by atoms with Crippen LogP contribution in [-0.2, 0) is 14.8 Å². The molecule has 31 heavy (non-hydrogen) atoms. The Morgan fingerprint density at radius 1 is 1.13 bits per heavy atom. The van der Waals surface area contributed by atoms with Crippen LogP contribution in [0.3, 0.4) is 0 Å². The number of hydrogen-bond donors (Lipinski definition) is 1. The number of rotatable bonds is 8. The highest BCUT2D eigenvalue weighted by Gasteiger charge is 2.32. The first-order valence-corrected chi connectivity index (χ1v) is 12.3. The van der Waals surface area contributed by atoms with Crippen molar-refractivity contribution in [1.82, 2.24) is 5.32 Å². The highest BCUT2D eigenvalue weighted by Crippen LogP contribution is 2.32. The Bertz CT molecular complexity index is 1070. The molecule has 1 N–H and O–H groups in total. The van der Waals surface area contributed by atoms with Gasteiger partial charge in [-0.25, -0.2) is 8.42 Å². The van der Waals surface area contributed by atoms with Crippen molar-refractivity contribution >= 4 is 33.2 Å². The summed E-state index contributed by atoms with van der Waals surface area (Å²) in [5, 5.41) is 3.26. The summed E-state index contributed by atoms with van der Waals surface area (Å²) in [6.45, 7) is 9.76. The summed E-state index contributed by atoms with van der Waals surface area (Å²) in [5.74, 6) is 0.0557. The number of methoxy groups -OCH3 is 1. The van der Waals surface area contributed by atoms with E-state index in [2.05, 4.69) is 17.4 Å². The van der Waals surface area contributed by atoms with Gasteiger partial charge in [0.25, 0.3) is 0 Å². The van der Waals surface area contributed by atoms with E-state index in [0.29, 0.717) is 17.9 Å². The van der Waals surface area contributed by atoms with Crippen molar-refractivity contribution in [2.24, 2.45) is 0 Å². The number of carbonyl (C=O) groups excluding carboxylic acids is 1. The number of sulfonamides is 1. The van der Waals surface area contributed by atoms with Crippen LogP contribution in [0.4, 0.5) is 5.69 Å². The molecular formula is C23H31ClN2O4S. The fourth-order valence-electron chi connectivity index (χ4n) is 3.69. The van der Waals surface area contributed by atoms with Crippen molar-refractivity contribution in [3.63, 3.8) is 0 Å². The van der Waals surface area contributed by atoms with Gasteiger partial charge in [-0.1, -0.05) is 30.7 Å². The van der Waals surface area contributed by atoms with Gasteiger partial charge in [-0.05, 0) is 74.6 Å². The molecule has 0 fully saturated rings. The van der Waals surface area contributed by atoms with E-state index in [-0.39, 0.29) is 17.0 Å². The third kappa shape index (κ3) is 5.71. The predicted octanol–water partition coefficient (Wildman–Crippen LogP) is 4.70. The molecule has 0 aliphatic rings. The fourth-order valence-corrected chi connectivity index (χ4v) is 5.14. The summed E-state index contributed by atoms with van der Waals surface area (Å²) in [4.78, 5) is 13.2. The van der Waals surface area contributed by atoms with Crippen LogP contribution in [0.1, 0.15) is 48.6 Å². The second-order valence-corrected chi connectivity index (χ2v) is 10.1. The van der Waals surface area contributed by atoms with Crippen molar-refractivity contribution in [3.8, 4) is 5.75 Å². The van der Waals surface area contributed by atoms with Crippen LogP contribution in [0.2, 0.25) is 5.02 Å². The van der Waals surface area contributed by atoms with Crippen molar-refractivity contribution in [2.75, 3.05) is 17.7 Å². The predicted molar refractivity (Wildman–Crippen MR) is 127 cm³/mol. The first-order chi connectivity index (χ1) is 14.4. The average molecular weight is 467 g/mol. The second-order valence-electron chi connectivity index (χ2n) is 7.83. The largest absolute Gasteiger partial charge is 0.495 e. The molecule has 0 radical (unpaired) electrons. The maximum Gasteiger partial charge on any atom is 0.244 e. The molecule has 1 amide bonds. The molecule has 0 bridgehead atoms. The van der Waals surface area contributed by atoms with Gasteiger partial charge in [0.05, 0.1) is 30.1 Å². The van der Waals surface area contributed by atoms with Crippen LogP contribution >= 0.6 is 11.6 Å². The minimum absolute atomic E-state index is 0.267. The van der Waals surface area contributed by atoms with E-state index in [1.54, 1.807) is 19.1 Å². The minimum atomic E-state index is -3.76. The number of carbonyl (C=O) groups is 1. The molecule has 0 aliphatic carbocycles. The zero-order chi connectivity index (χ0) is 23.5. The Labute approximate surface area is 190 Å². The first-order valence-electron chi connectivity index (χ1n) is 10.1. The maximum atomic E-state index is 13.2. The normalized spacial score (nSPS) is 13.4. The van der Waals surface area contributed by atoms with Crippen molar-refractivity contribution in [3.05, 3.63) is 57.6 Å². The van der Waals surface area contributed by atoms with Gasteiger partial charge < -0.3 is 10.1 Å². The molecule has 170 valence electrons. The Hall–Kier alpha value is -2.25. The Kier molecular flexibility index (Phi) is 8.00. The summed E-state index contributed by atoms with van der Waals surface area (Å²) < 4.78 is 31.6. The Morgan fingerprint density at radius 2 is 1.74 bits per heavy atom. The minimum Gasteiger partial charge on any atom is -0.495 e. The van der Waals surface area contributed by atoms with Crippen LogP contribution in [-0.4, -0.2) is 33.7 Å². The van der Waals surface area contributed by atoms with Crippen LogP contribution in [0.15, 0.2) is 30.3 Å². The molecule has 2 aromatic carbocycles. The SMILES string of the molecule is CC[C@H](C(=O)N[C@H](C)c1cc(C)c(C)cc1C)N(c1ccc(OC)c(Cl)c1)S(C)(=O)=O. The lowest BCUT2D eigenvalue weighted by Gasteiger charge is -2.31. The summed E-state index contributed by atoms with van der Waals surface area (Å²) >= 11 is 6.21. The molecule has 0 saturated carbocycles. The molecular weight excluding hydrogens is 436 g/mol. The number of anilines is 1. The quantitative estimate of drug-likeness (QED) is 0.612. The van der Waals surface area contributed by atoms with Gasteiger partial charge in [-0.15, -0.1) is 0 Å². The van der Waals surface area contributed by atoms with Crippen molar-refractivity contribution in [1.29, 1.82) is 0 Å². The van der Waals surface area contributed by atoms with E-state index in [4.69, 9.17) is 16.3 Å². The standard InChI is InChI=1S/C23H31ClN2O4S/c1-8-21(23(27)25-17(5)19-12-15(3)14(2)11-16(19)4)26(31(7,28)29)18-9-10-22(30-6)20(24)13-18/h9-13,17,21H,8H2,1-7H3,(H,25,27)/t17-,21-/m1/s1. The zero-order valence-electron chi connectivity index (χ0n) is 19.1. The summed E-state index contributed by atoms with van der Waals surface area (Å²) in [7, 11) is -2.28. The van der Waals surface area contributed by atoms with E-state index in [9.17, 15) is 13.2 Å². The molecule has 6 nitrogen and oxygen atoms in total. The van der Waals surface area contributed by atoms with Crippen LogP contribution in [0.25, 0.3) is 0 Å². The third-order valence-corrected chi connectivity index (χ3v) is 6.90. The van der Waals surface area contributed by atoms with E-state index in [1.807, 2.05) is 27.7 Å². The van der Waals surface area contributed by atoms with Gasteiger partial charge in [-0.3, -0.25) is 9.10 Å². The van der Waals surface area contributed by atoms with E-state index >= 15 is 0 Å². The molecule has 0 saturated heterocycles. The van der Waals surface area contributed by atoms with Crippen molar-refractivity contribution < 1.29 is 17.9 Å². The molecule has 0 heterocycles. The van der Waals surface area contributed by atoms with Gasteiger partial charge in [0, 0.05) is 0 Å². The monoisotopic (exact) mass is 466 g/mol. The molecule has 2 rings (SSSR count). The van der Waals surface area contributed by atoms with Gasteiger partial charge >= 0.3 is 0 Å². The topological polar surface area (TPSA) is 75.7 Å². The number of amides is 1. The Morgan fingerprint density at radius 3 is 2.26 bits per heavy atom. The lowest BCUT2D eigenvalue weighted by Crippen LogP contribution is -2.49. The van der Waals surface area contributed by atoms with Gasteiger partial charge in [0.2, 0.25) is 15.9 Å². The molecule has 0 aromatic heterocycles. The average Bonchev–Trinajstić information content (AvgIpc) is 2.67. The second kappa shape index (κ2) is 9.92. The van der Waals surface area contributed by atoms with Gasteiger partial charge in [0.1, 0.15) is 11.8 Å². The first kappa shape index (κ1) is 25.0. The molecule has 8 heteroatoms. The highest BCUT2D eigenvalue weighted by atomic mass is 35.5. The number of hydrogen-bond acceptors (Lipinski definition) is 4. The third-order valence-electron chi connectivity index (χ3n) is 5.43. The van der Waals surface area contributed by atoms with Crippen LogP contribution in [0.5, 0.6) is 5.75 Å². The van der Waals surface area contributed by atoms with Crippen molar-refractivity contribution in [2.45, 2.75) is 53.1 Å². The van der Waals surface area contributed by atoms with E-state index < -0.39 is 16.1 Å². The number of nitrogens with one attached hydrogen (secondary N) is 1. The Balaban J connectivity index is 2.39. The number of benzene rings is 2. The molecule has 2 atom stereocenters. The lowest BCUT2D eigenvalue weighted by atomic mass is 9.96. The molecule has 2 aromatic rings. The van der Waals surface area contributed by atoms with E-state index in [1.165, 1.54) is 18.7 Å². The zero-order valence-corrected chi connectivity index (χ0v) is 20.7. The summed E-state index contributed by atoms with van der Waals surface area (Å²) in [6.07, 6.45) is 1.37. The van der Waals surface area contributed by atoms with Crippen LogP contribution < -0.4 is 14.4 Å². The molecule has 0 aliphatic heterocycles. The highest BCUT2D eigenvalue weighted by molar-refractivity contribution is 7.92. The fraction of sp³-hybridized carbons (Fsp3) is 0.435. The number of aryl methyl sites for hydroxylation is 3. The van der Waals surface area contributed by atoms with Gasteiger partial charge in [0.15, 0.2) is 0 Å². The number of halogens is 1. The number of ether oxygens (including phenoxy) is 1. The smallest absolute Gasteiger partial charge is 0.244 e. The summed E-state index contributed by atoms with van der Waals surface area (Å²) in [5.41, 5.74) is 4.71. The number of nitrogens with zero attached hydrogens (tertiary/aromatic N) is 1. The lowest BCUT2D eigenvalue weighted by molar-refractivity contribution is -0.122. The van der Waals surface area contributed by atoms with Gasteiger partial charge in [-0.2, -0.15) is 0 Å². The molecule has 0 unspecified atom stereocenters. The maximum absolute atomic E-state index is 13.2. The summed E-state index contributed by atoms with van der Waals surface area (Å²) in [6, 6.07) is 7.62. The van der Waals surface area contributed by atoms with Crippen LogP contribution in [0, 0.1) is 20.8 Å².